The summed E-state index contributed by atoms with van der Waals surface area (Å²) in [6.07, 6.45) is 7.98. The summed E-state index contributed by atoms with van der Waals surface area (Å²) >= 11 is 0. The number of aromatic nitrogens is 2. The predicted octanol–water partition coefficient (Wildman–Crippen LogP) is 8.10. The van der Waals surface area contributed by atoms with Crippen molar-refractivity contribution in [1.29, 1.82) is 0 Å². The molecule has 7 heteroatoms. The molecule has 40 heavy (non-hydrogen) atoms. The molecule has 202 valence electrons. The van der Waals surface area contributed by atoms with E-state index >= 15 is 0 Å². The van der Waals surface area contributed by atoms with Crippen LogP contribution in [0, 0.1) is 10.1 Å². The standard InChI is InChI=1S/C33H31N3O4/c1-23(2)33(37)40-20-8-4-3-7-19-35-31-10-6-5-9-28(31)29-21-24(12-18-32(29)35)11-14-26-15-13-25-22-27(36(38)39)16-17-30(25)34-26/h5-6,9-18,21-22H,1,3-4,7-8,19-20H2,2H3/b14-11+. The quantitative estimate of drug-likeness (QED) is 0.0563. The first-order valence-electron chi connectivity index (χ1n) is 13.5. The summed E-state index contributed by atoms with van der Waals surface area (Å²) in [7, 11) is 0. The number of hydrogen-bond acceptors (Lipinski definition) is 5. The van der Waals surface area contributed by atoms with Crippen LogP contribution in [0.3, 0.4) is 0 Å². The number of ether oxygens (including phenoxy) is 1. The van der Waals surface area contributed by atoms with Crippen molar-refractivity contribution in [1.82, 2.24) is 9.55 Å². The molecule has 2 heterocycles. The number of pyridine rings is 1. The fraction of sp³-hybridized carbons (Fsp3) is 0.212. The molecular weight excluding hydrogens is 502 g/mol. The summed E-state index contributed by atoms with van der Waals surface area (Å²) in [5.41, 5.74) is 5.51. The number of esters is 1. The van der Waals surface area contributed by atoms with Crippen LogP contribution in [0.25, 0.3) is 44.9 Å². The van der Waals surface area contributed by atoms with Gasteiger partial charge in [-0.1, -0.05) is 49.4 Å². The number of aryl methyl sites for hydroxylation is 1. The van der Waals surface area contributed by atoms with Gasteiger partial charge in [-0.25, -0.2) is 9.78 Å². The number of nitrogens with zero attached hydrogens (tertiary/aromatic N) is 3. The first-order valence-corrected chi connectivity index (χ1v) is 13.5. The van der Waals surface area contributed by atoms with E-state index in [-0.39, 0.29) is 11.7 Å². The normalized spacial score (nSPS) is 11.5. The largest absolute Gasteiger partial charge is 0.462 e. The van der Waals surface area contributed by atoms with E-state index in [9.17, 15) is 14.9 Å². The summed E-state index contributed by atoms with van der Waals surface area (Å²) < 4.78 is 7.58. The van der Waals surface area contributed by atoms with E-state index in [1.165, 1.54) is 27.9 Å². The minimum Gasteiger partial charge on any atom is -0.462 e. The molecule has 0 aliphatic heterocycles. The van der Waals surface area contributed by atoms with Crippen molar-refractivity contribution in [2.45, 2.75) is 39.2 Å². The molecule has 0 N–H and O–H groups in total. The highest BCUT2D eigenvalue weighted by Gasteiger charge is 2.11. The number of fused-ring (bicyclic) bond motifs is 4. The highest BCUT2D eigenvalue weighted by atomic mass is 16.6. The van der Waals surface area contributed by atoms with Crippen LogP contribution in [0.1, 0.15) is 43.9 Å². The van der Waals surface area contributed by atoms with Crippen molar-refractivity contribution in [3.8, 4) is 0 Å². The van der Waals surface area contributed by atoms with Crippen LogP contribution in [0.15, 0.2) is 84.9 Å². The Kier molecular flexibility index (Phi) is 8.01. The van der Waals surface area contributed by atoms with Gasteiger partial charge in [0.1, 0.15) is 0 Å². The van der Waals surface area contributed by atoms with Crippen LogP contribution in [0.5, 0.6) is 0 Å². The Morgan fingerprint density at radius 2 is 1.75 bits per heavy atom. The lowest BCUT2D eigenvalue weighted by atomic mass is 10.1. The van der Waals surface area contributed by atoms with Gasteiger partial charge in [0.25, 0.3) is 5.69 Å². The van der Waals surface area contributed by atoms with Crippen molar-refractivity contribution in [3.63, 3.8) is 0 Å². The number of para-hydroxylation sites is 1. The maximum absolute atomic E-state index is 11.5. The van der Waals surface area contributed by atoms with Crippen LogP contribution < -0.4 is 0 Å². The molecule has 0 bridgehead atoms. The van der Waals surface area contributed by atoms with E-state index in [1.54, 1.807) is 19.1 Å². The van der Waals surface area contributed by atoms with Crippen molar-refractivity contribution in [2.24, 2.45) is 0 Å². The van der Waals surface area contributed by atoms with Crippen LogP contribution >= 0.6 is 0 Å². The van der Waals surface area contributed by atoms with E-state index in [1.807, 2.05) is 24.3 Å². The fourth-order valence-electron chi connectivity index (χ4n) is 4.95. The molecule has 0 atom stereocenters. The number of carbonyl (C=O) groups is 1. The maximum Gasteiger partial charge on any atom is 0.333 e. The Morgan fingerprint density at radius 3 is 2.58 bits per heavy atom. The molecule has 0 amide bonds. The number of nitro benzene ring substituents is 1. The average molecular weight is 534 g/mol. The first kappa shape index (κ1) is 26.8. The van der Waals surface area contributed by atoms with Gasteiger partial charge >= 0.3 is 5.97 Å². The molecule has 0 aliphatic rings. The van der Waals surface area contributed by atoms with Crippen molar-refractivity contribution < 1.29 is 14.5 Å². The molecule has 0 saturated carbocycles. The zero-order chi connectivity index (χ0) is 28.1. The van der Waals surface area contributed by atoms with Gasteiger partial charge in [-0.3, -0.25) is 10.1 Å². The highest BCUT2D eigenvalue weighted by molar-refractivity contribution is 6.08. The summed E-state index contributed by atoms with van der Waals surface area (Å²) in [6, 6.07) is 23.4. The zero-order valence-corrected chi connectivity index (χ0v) is 22.5. The third-order valence-corrected chi connectivity index (χ3v) is 7.01. The van der Waals surface area contributed by atoms with Crippen LogP contribution in [0.2, 0.25) is 0 Å². The SMILES string of the molecule is C=C(C)C(=O)OCCCCCCn1c2ccccc2c2cc(/C=C/c3ccc4cc([N+](=O)[O-])ccc4n3)ccc21. The number of non-ortho nitro benzene ring substituents is 1. The van der Waals surface area contributed by atoms with Crippen molar-refractivity contribution in [2.75, 3.05) is 6.61 Å². The highest BCUT2D eigenvalue weighted by Crippen LogP contribution is 2.31. The second kappa shape index (κ2) is 11.9. The molecule has 3 aromatic carbocycles. The second-order valence-electron chi connectivity index (χ2n) is 9.98. The molecule has 0 fully saturated rings. The summed E-state index contributed by atoms with van der Waals surface area (Å²) in [5.74, 6) is -0.318. The van der Waals surface area contributed by atoms with Gasteiger partial charge in [-0.2, -0.15) is 0 Å². The molecule has 7 nitrogen and oxygen atoms in total. The summed E-state index contributed by atoms with van der Waals surface area (Å²) in [5, 5.41) is 14.2. The van der Waals surface area contributed by atoms with Gasteiger partial charge in [-0.15, -0.1) is 0 Å². The van der Waals surface area contributed by atoms with Gasteiger partial charge in [0.2, 0.25) is 0 Å². The molecule has 0 spiro atoms. The Balaban J connectivity index is 1.29. The molecule has 0 unspecified atom stereocenters. The van der Waals surface area contributed by atoms with Gasteiger partial charge in [0.05, 0.1) is 22.7 Å². The first-order chi connectivity index (χ1) is 19.4. The number of nitro groups is 1. The predicted molar refractivity (Wildman–Crippen MR) is 161 cm³/mol. The van der Waals surface area contributed by atoms with Gasteiger partial charge in [0.15, 0.2) is 0 Å². The Bertz CT molecular complexity index is 1770. The minimum atomic E-state index is -0.395. The number of benzene rings is 3. The van der Waals surface area contributed by atoms with E-state index in [0.717, 1.165) is 54.4 Å². The maximum atomic E-state index is 11.5. The molecule has 2 aromatic heterocycles. The van der Waals surface area contributed by atoms with Gasteiger partial charge in [0, 0.05) is 51.4 Å². The molecule has 0 radical (unpaired) electrons. The lowest BCUT2D eigenvalue weighted by Gasteiger charge is -2.08. The van der Waals surface area contributed by atoms with E-state index in [2.05, 4.69) is 58.6 Å². The smallest absolute Gasteiger partial charge is 0.333 e. The third kappa shape index (κ3) is 5.94. The third-order valence-electron chi connectivity index (χ3n) is 7.01. The average Bonchev–Trinajstić information content (AvgIpc) is 3.27. The second-order valence-corrected chi connectivity index (χ2v) is 9.98. The van der Waals surface area contributed by atoms with Crippen LogP contribution in [0.4, 0.5) is 5.69 Å². The molecule has 5 rings (SSSR count). The Morgan fingerprint density at radius 1 is 0.950 bits per heavy atom. The minimum absolute atomic E-state index is 0.0617. The summed E-state index contributed by atoms with van der Waals surface area (Å²) in [4.78, 5) is 26.8. The topological polar surface area (TPSA) is 87.3 Å². The lowest BCUT2D eigenvalue weighted by molar-refractivity contribution is -0.384. The van der Waals surface area contributed by atoms with Gasteiger partial charge < -0.3 is 9.30 Å². The van der Waals surface area contributed by atoms with Crippen LogP contribution in [-0.2, 0) is 16.1 Å². The fourth-order valence-corrected chi connectivity index (χ4v) is 4.95. The van der Waals surface area contributed by atoms with Gasteiger partial charge in [-0.05, 0) is 68.2 Å². The number of rotatable bonds is 11. The molecule has 0 saturated heterocycles. The molecular formula is C33H31N3O4. The molecule has 0 aliphatic carbocycles. The monoisotopic (exact) mass is 533 g/mol. The van der Waals surface area contributed by atoms with Crippen LogP contribution in [-0.4, -0.2) is 27.1 Å². The summed E-state index contributed by atoms with van der Waals surface area (Å²) in [6.45, 7) is 6.63. The van der Waals surface area contributed by atoms with E-state index < -0.39 is 4.92 Å². The number of unbranched alkanes of at least 4 members (excludes halogenated alkanes) is 3. The zero-order valence-electron chi connectivity index (χ0n) is 22.5. The lowest BCUT2D eigenvalue weighted by Crippen LogP contribution is -2.06. The number of carbonyl (C=O) groups excluding carboxylic acids is 1. The Labute approximate surface area is 232 Å². The van der Waals surface area contributed by atoms with E-state index in [4.69, 9.17) is 4.74 Å². The van der Waals surface area contributed by atoms with E-state index in [0.29, 0.717) is 12.2 Å². The van der Waals surface area contributed by atoms with Crippen molar-refractivity contribution >= 4 is 56.5 Å². The number of hydrogen-bond donors (Lipinski definition) is 0. The Hall–Kier alpha value is -4.78. The molecule has 5 aromatic rings. The van der Waals surface area contributed by atoms with Crippen molar-refractivity contribution in [3.05, 3.63) is 106 Å².